The Bertz CT molecular complexity index is 1940. The molecular formula is C22H27N10O11P2S+. The molecule has 0 bridgehead atoms. The molecule has 8 N–H and O–H groups in total. The average Bonchev–Trinajstić information content (AvgIpc) is 3.76. The molecule has 0 saturated carbocycles. The summed E-state index contributed by atoms with van der Waals surface area (Å²) in [7, 11) is -2.99. The maximum atomic E-state index is 13.2. The van der Waals surface area contributed by atoms with Crippen LogP contribution in [0.1, 0.15) is 19.4 Å². The molecule has 3 saturated heterocycles. The Labute approximate surface area is 263 Å². The Kier molecular flexibility index (Phi) is 7.90. The van der Waals surface area contributed by atoms with Crippen LogP contribution in [0.15, 0.2) is 23.8 Å². The van der Waals surface area contributed by atoms with Crippen LogP contribution in [0.4, 0.5) is 11.8 Å². The quantitative estimate of drug-likeness (QED) is 0.139. The number of aliphatic hydroxyl groups is 2. The van der Waals surface area contributed by atoms with Crippen molar-refractivity contribution in [2.45, 2.75) is 49.4 Å². The van der Waals surface area contributed by atoms with E-state index in [9.17, 15) is 24.5 Å². The minimum atomic E-state index is -4.15. The highest BCUT2D eigenvalue weighted by Gasteiger charge is 2.60. The van der Waals surface area contributed by atoms with E-state index in [1.807, 2.05) is 0 Å². The average molecular weight is 702 g/mol. The molecule has 0 aromatic carbocycles. The van der Waals surface area contributed by atoms with Crippen LogP contribution in [0, 0.1) is 5.92 Å². The van der Waals surface area contributed by atoms with Gasteiger partial charge in [-0.15, -0.1) is 9.05 Å². The number of H-pyrrole nitrogens is 1. The van der Waals surface area contributed by atoms with Crippen LogP contribution >= 0.6 is 15.0 Å². The molecule has 246 valence electrons. The first-order valence-electron chi connectivity index (χ1n) is 13.6. The molecule has 0 aliphatic carbocycles. The maximum absolute atomic E-state index is 13.2. The maximum Gasteiger partial charge on any atom is 0.697 e. The molecule has 0 radical (unpaired) electrons. The zero-order chi connectivity index (χ0) is 32.5. The molecule has 4 aromatic rings. The van der Waals surface area contributed by atoms with Crippen LogP contribution in [-0.2, 0) is 43.9 Å². The van der Waals surface area contributed by atoms with Crippen molar-refractivity contribution >= 4 is 60.9 Å². The third-order valence-corrected chi connectivity index (χ3v) is 10.3. The minimum absolute atomic E-state index is 0.0267. The highest BCUT2D eigenvalue weighted by Crippen LogP contribution is 2.55. The molecule has 4 aromatic heterocycles. The Morgan fingerprint density at radius 1 is 1.17 bits per heavy atom. The van der Waals surface area contributed by atoms with Crippen molar-refractivity contribution in [3.63, 3.8) is 0 Å². The summed E-state index contributed by atoms with van der Waals surface area (Å²) in [6, 6.07) is 0. The monoisotopic (exact) mass is 701 g/mol. The van der Waals surface area contributed by atoms with E-state index >= 15 is 0 Å². The van der Waals surface area contributed by atoms with E-state index in [0.717, 1.165) is 0 Å². The number of aromatic nitrogens is 8. The number of aromatic amines is 1. The van der Waals surface area contributed by atoms with Crippen LogP contribution in [0.3, 0.4) is 0 Å². The predicted molar refractivity (Wildman–Crippen MR) is 157 cm³/mol. The van der Waals surface area contributed by atoms with Crippen molar-refractivity contribution in [1.29, 1.82) is 0 Å². The van der Waals surface area contributed by atoms with E-state index in [1.54, 1.807) is 6.92 Å². The van der Waals surface area contributed by atoms with Crippen molar-refractivity contribution in [3.8, 4) is 0 Å². The Balaban J connectivity index is 1.19. The SMILES string of the molecule is C[C@H]1[C@H](n2cnc3c(=O)[nH]c(N)nc32)O[C@]2(CO)CO[P+](=O)O[C@H]3[C@@H](O)[C@H](n4cnc5c(N)ncnc54)O[C@@H]3COP(O)(=S)O[C@@H]12. The van der Waals surface area contributed by atoms with Gasteiger partial charge in [-0.25, -0.2) is 19.9 Å². The number of aliphatic hydroxyl groups excluding tert-OH is 2. The number of nitrogens with two attached hydrogens (primary N) is 2. The van der Waals surface area contributed by atoms with E-state index < -0.39 is 88.7 Å². The van der Waals surface area contributed by atoms with Gasteiger partial charge in [0.15, 0.2) is 35.0 Å². The molecule has 7 rings (SSSR count). The van der Waals surface area contributed by atoms with Gasteiger partial charge in [0.25, 0.3) is 5.56 Å². The first kappa shape index (κ1) is 31.5. The van der Waals surface area contributed by atoms with Gasteiger partial charge in [-0.2, -0.15) is 4.98 Å². The van der Waals surface area contributed by atoms with Gasteiger partial charge in [-0.1, -0.05) is 6.92 Å². The largest absolute Gasteiger partial charge is 0.697 e. The van der Waals surface area contributed by atoms with Crippen LogP contribution in [0.25, 0.3) is 22.3 Å². The Morgan fingerprint density at radius 3 is 2.67 bits per heavy atom. The second-order valence-electron chi connectivity index (χ2n) is 10.9. The number of rotatable bonds is 3. The first-order valence-corrected chi connectivity index (χ1v) is 17.3. The van der Waals surface area contributed by atoms with Crippen LogP contribution in [0.2, 0.25) is 0 Å². The summed E-state index contributed by atoms with van der Waals surface area (Å²) in [6.45, 7) is -4.33. The Hall–Kier alpha value is -3.11. The Morgan fingerprint density at radius 2 is 1.91 bits per heavy atom. The third kappa shape index (κ3) is 5.20. The molecule has 2 unspecified atom stereocenters. The van der Waals surface area contributed by atoms with E-state index in [2.05, 4.69) is 29.9 Å². The lowest BCUT2D eigenvalue weighted by atomic mass is 9.92. The van der Waals surface area contributed by atoms with Crippen LogP contribution in [0.5, 0.6) is 0 Å². The summed E-state index contributed by atoms with van der Waals surface area (Å²) in [5.41, 5.74) is 9.81. The smallest absolute Gasteiger partial charge is 0.393 e. The summed E-state index contributed by atoms with van der Waals surface area (Å²) in [5.74, 6) is -0.799. The number of ether oxygens (including phenoxy) is 2. The molecule has 7 heterocycles. The number of nitrogens with one attached hydrogen (secondary N) is 1. The lowest BCUT2D eigenvalue weighted by Gasteiger charge is -2.33. The molecule has 3 fully saturated rings. The van der Waals surface area contributed by atoms with Gasteiger partial charge in [-0.3, -0.25) is 18.9 Å². The van der Waals surface area contributed by atoms with E-state index in [4.69, 9.17) is 50.8 Å². The van der Waals surface area contributed by atoms with Gasteiger partial charge in [0.2, 0.25) is 5.95 Å². The standard InChI is InChI=1S/C22H26N10O11P2S/c1-8-14-22(3-33,41-19(8)32-7-28-11-17(32)29-21(24)30-18(11)35)4-38-44(36)42-13-9(2-39-45(37,46)43-14)40-20(12(13)34)31-6-27-10-15(23)25-5-26-16(10)31/h5-9,12-14,19-20,33-34H,2-4H2,1H3,(H5-,23,24,25,26,29,30,35,37,46)/p+1/t8-,9-,12-,13-,14+,19-,20-,22-,45?/m1/s1. The molecule has 24 heteroatoms. The minimum Gasteiger partial charge on any atom is -0.393 e. The fraction of sp³-hybridized carbons (Fsp3) is 0.545. The highest BCUT2D eigenvalue weighted by atomic mass is 32.5. The van der Waals surface area contributed by atoms with Crippen molar-refractivity contribution in [2.24, 2.45) is 5.92 Å². The van der Waals surface area contributed by atoms with Gasteiger partial charge in [0.1, 0.15) is 48.6 Å². The van der Waals surface area contributed by atoms with E-state index in [1.165, 1.54) is 28.1 Å². The number of hydrogen-bond acceptors (Lipinski definition) is 18. The molecule has 3 aliphatic rings. The summed E-state index contributed by atoms with van der Waals surface area (Å²) in [5, 5.41) is 21.9. The van der Waals surface area contributed by atoms with Crippen molar-refractivity contribution in [2.75, 3.05) is 31.3 Å². The number of anilines is 2. The predicted octanol–water partition coefficient (Wildman–Crippen LogP) is -1.03. The lowest BCUT2D eigenvalue weighted by Crippen LogP contribution is -2.49. The molecular weight excluding hydrogens is 674 g/mol. The normalized spacial score (nSPS) is 36.3. The summed E-state index contributed by atoms with van der Waals surface area (Å²) in [6.07, 6.45) is -3.52. The topological polar surface area (TPSA) is 292 Å². The van der Waals surface area contributed by atoms with Gasteiger partial charge in [0.05, 0.1) is 25.9 Å². The zero-order valence-corrected chi connectivity index (χ0v) is 26.2. The fourth-order valence-corrected chi connectivity index (χ4v) is 8.24. The second kappa shape index (κ2) is 11.5. The van der Waals surface area contributed by atoms with Crippen molar-refractivity contribution < 1.29 is 47.2 Å². The second-order valence-corrected chi connectivity index (χ2v) is 14.6. The fourth-order valence-electron chi connectivity index (χ4n) is 5.87. The number of hydrogen-bond donors (Lipinski definition) is 6. The van der Waals surface area contributed by atoms with Gasteiger partial charge < -0.3 is 45.1 Å². The summed E-state index contributed by atoms with van der Waals surface area (Å²) < 4.78 is 51.0. The number of nitrogen functional groups attached to an aromatic ring is 2. The van der Waals surface area contributed by atoms with Crippen LogP contribution in [-0.4, -0.2) is 104 Å². The number of imidazole rings is 2. The number of fused-ring (bicyclic) bond motifs is 4. The van der Waals surface area contributed by atoms with Crippen LogP contribution < -0.4 is 17.0 Å². The number of nitrogens with zero attached hydrogens (tertiary/aromatic N) is 7. The van der Waals surface area contributed by atoms with Gasteiger partial charge >= 0.3 is 15.0 Å². The molecule has 10 atom stereocenters. The van der Waals surface area contributed by atoms with Crippen molar-refractivity contribution in [3.05, 3.63) is 29.3 Å². The van der Waals surface area contributed by atoms with E-state index in [-0.39, 0.29) is 34.1 Å². The third-order valence-electron chi connectivity index (χ3n) is 8.04. The molecule has 21 nitrogen and oxygen atoms in total. The lowest BCUT2D eigenvalue weighted by molar-refractivity contribution is -0.144. The molecule has 46 heavy (non-hydrogen) atoms. The van der Waals surface area contributed by atoms with Gasteiger partial charge in [0, 0.05) is 10.5 Å². The summed E-state index contributed by atoms with van der Waals surface area (Å²) in [4.78, 5) is 46.4. The van der Waals surface area contributed by atoms with Gasteiger partial charge in [-0.05, 0) is 11.8 Å². The molecule has 0 spiro atoms. The summed E-state index contributed by atoms with van der Waals surface area (Å²) >= 11 is 5.34. The first-order chi connectivity index (χ1) is 21.9. The van der Waals surface area contributed by atoms with E-state index in [0.29, 0.717) is 0 Å². The zero-order valence-electron chi connectivity index (χ0n) is 23.6. The van der Waals surface area contributed by atoms with Crippen molar-refractivity contribution in [1.82, 2.24) is 39.0 Å². The molecule has 0 amide bonds. The molecule has 3 aliphatic heterocycles. The highest BCUT2D eigenvalue weighted by molar-refractivity contribution is 8.07.